The first-order chi connectivity index (χ1) is 11.1. The molecule has 1 heterocycles. The average molecular weight is 334 g/mol. The zero-order valence-electron chi connectivity index (χ0n) is 13.5. The van der Waals surface area contributed by atoms with Gasteiger partial charge in [-0.2, -0.15) is 0 Å². The van der Waals surface area contributed by atoms with E-state index in [1.54, 1.807) is 0 Å². The van der Waals surface area contributed by atoms with E-state index in [-0.39, 0.29) is 13.2 Å². The van der Waals surface area contributed by atoms with Crippen molar-refractivity contribution in [3.8, 4) is 0 Å². The van der Waals surface area contributed by atoms with Crippen LogP contribution in [0.15, 0.2) is 0 Å². The molecule has 23 heavy (non-hydrogen) atoms. The summed E-state index contributed by atoms with van der Waals surface area (Å²) < 4.78 is 0. The van der Waals surface area contributed by atoms with Crippen molar-refractivity contribution in [1.29, 1.82) is 0 Å². The Kier molecular flexibility index (Phi) is 10.3. The summed E-state index contributed by atoms with van der Waals surface area (Å²) in [5.74, 6) is -0.876. The highest BCUT2D eigenvalue weighted by Gasteiger charge is 2.25. The minimum atomic E-state index is -1.03. The summed E-state index contributed by atoms with van der Waals surface area (Å²) in [5, 5.41) is 44.1. The van der Waals surface area contributed by atoms with Crippen LogP contribution in [0.25, 0.3) is 0 Å². The number of aliphatic carboxylic acids is 1. The molecule has 1 aliphatic heterocycles. The molecule has 9 heteroatoms. The molecule has 0 aromatic rings. The second kappa shape index (κ2) is 11.7. The van der Waals surface area contributed by atoms with Crippen LogP contribution in [0.5, 0.6) is 0 Å². The van der Waals surface area contributed by atoms with Crippen LogP contribution in [0.4, 0.5) is 0 Å². The molecule has 1 aliphatic rings. The molecule has 1 saturated heterocycles. The molecule has 0 aromatic heterocycles. The Morgan fingerprint density at radius 1 is 0.957 bits per heavy atom. The summed E-state index contributed by atoms with van der Waals surface area (Å²) in [6, 6.07) is -0.561. The Labute approximate surface area is 136 Å². The van der Waals surface area contributed by atoms with Gasteiger partial charge in [-0.15, -0.1) is 0 Å². The monoisotopic (exact) mass is 334 g/mol. The van der Waals surface area contributed by atoms with E-state index in [1.807, 2.05) is 9.80 Å². The van der Waals surface area contributed by atoms with Gasteiger partial charge >= 0.3 is 5.97 Å². The van der Waals surface area contributed by atoms with Gasteiger partial charge in [-0.1, -0.05) is 0 Å². The van der Waals surface area contributed by atoms with Gasteiger partial charge in [0.2, 0.25) is 0 Å². The van der Waals surface area contributed by atoms with E-state index in [1.165, 1.54) is 0 Å². The summed E-state index contributed by atoms with van der Waals surface area (Å²) in [5.41, 5.74) is 0. The Bertz CT molecular complexity index is 334. The van der Waals surface area contributed by atoms with Gasteiger partial charge in [0.05, 0.1) is 31.9 Å². The van der Waals surface area contributed by atoms with Gasteiger partial charge in [0.15, 0.2) is 0 Å². The van der Waals surface area contributed by atoms with Crippen LogP contribution in [-0.2, 0) is 4.79 Å². The number of carboxylic acid groups (broad SMARTS) is 1. The van der Waals surface area contributed by atoms with E-state index >= 15 is 0 Å². The molecule has 0 spiro atoms. The Morgan fingerprint density at radius 2 is 1.61 bits per heavy atom. The summed E-state index contributed by atoms with van der Waals surface area (Å²) in [6.07, 6.45) is -1.03. The van der Waals surface area contributed by atoms with Crippen LogP contribution in [0.3, 0.4) is 0 Å². The smallest absolute Gasteiger partial charge is 0.317 e. The molecule has 9 nitrogen and oxygen atoms in total. The van der Waals surface area contributed by atoms with Crippen molar-refractivity contribution in [2.75, 3.05) is 72.1 Å². The predicted molar refractivity (Wildman–Crippen MR) is 85.4 cm³/mol. The molecule has 1 rings (SSSR count). The molecule has 0 unspecified atom stereocenters. The molecule has 2 atom stereocenters. The Hall–Kier alpha value is -0.810. The number of carboxylic acids is 1. The maximum absolute atomic E-state index is 11.0. The Morgan fingerprint density at radius 3 is 2.17 bits per heavy atom. The molecule has 136 valence electrons. The molecule has 0 amide bonds. The van der Waals surface area contributed by atoms with E-state index in [2.05, 4.69) is 10.6 Å². The van der Waals surface area contributed by atoms with Gasteiger partial charge < -0.3 is 31.1 Å². The lowest BCUT2D eigenvalue weighted by Gasteiger charge is -2.35. The van der Waals surface area contributed by atoms with Crippen molar-refractivity contribution in [1.82, 2.24) is 20.4 Å². The molecule has 0 saturated carbocycles. The second-order valence-corrected chi connectivity index (χ2v) is 5.71. The molecular formula is C14H30N4O5. The zero-order valence-corrected chi connectivity index (χ0v) is 13.5. The number of aliphatic hydroxyl groups is 3. The van der Waals surface area contributed by atoms with Crippen molar-refractivity contribution in [3.05, 3.63) is 0 Å². The van der Waals surface area contributed by atoms with Crippen LogP contribution in [-0.4, -0.2) is 120 Å². The summed E-state index contributed by atoms with van der Waals surface area (Å²) in [4.78, 5) is 14.7. The normalized spacial score (nSPS) is 22.7. The topological polar surface area (TPSA) is 129 Å². The second-order valence-electron chi connectivity index (χ2n) is 5.71. The van der Waals surface area contributed by atoms with E-state index in [9.17, 15) is 15.0 Å². The SMILES string of the molecule is O=C(O)CN1CCNCCNCCN([C@@H](CO)[C@@H](O)CO)CC1. The largest absolute Gasteiger partial charge is 0.480 e. The third-order valence-electron chi connectivity index (χ3n) is 4.01. The van der Waals surface area contributed by atoms with Crippen molar-refractivity contribution < 1.29 is 25.2 Å². The number of carbonyl (C=O) groups is 1. The van der Waals surface area contributed by atoms with Gasteiger partial charge in [0.1, 0.15) is 0 Å². The maximum Gasteiger partial charge on any atom is 0.317 e. The van der Waals surface area contributed by atoms with Crippen LogP contribution in [0.2, 0.25) is 0 Å². The number of hydrogen-bond acceptors (Lipinski definition) is 8. The van der Waals surface area contributed by atoms with Crippen molar-refractivity contribution in [2.24, 2.45) is 0 Å². The number of nitrogens with zero attached hydrogens (tertiary/aromatic N) is 2. The molecule has 0 bridgehead atoms. The Balaban J connectivity index is 2.70. The predicted octanol–water partition coefficient (Wildman–Crippen LogP) is -3.42. The third kappa shape index (κ3) is 8.02. The summed E-state index contributed by atoms with van der Waals surface area (Å²) in [6.45, 7) is 4.51. The molecular weight excluding hydrogens is 304 g/mol. The fourth-order valence-corrected chi connectivity index (χ4v) is 2.66. The van der Waals surface area contributed by atoms with Crippen LogP contribution in [0, 0.1) is 0 Å². The lowest BCUT2D eigenvalue weighted by Crippen LogP contribution is -2.53. The van der Waals surface area contributed by atoms with E-state index < -0.39 is 24.7 Å². The van der Waals surface area contributed by atoms with E-state index in [0.717, 1.165) is 13.1 Å². The highest BCUT2D eigenvalue weighted by Crippen LogP contribution is 2.05. The van der Waals surface area contributed by atoms with Gasteiger partial charge in [-0.25, -0.2) is 0 Å². The van der Waals surface area contributed by atoms with Gasteiger partial charge in [0, 0.05) is 52.4 Å². The lowest BCUT2D eigenvalue weighted by atomic mass is 10.1. The van der Waals surface area contributed by atoms with E-state index in [0.29, 0.717) is 39.3 Å². The lowest BCUT2D eigenvalue weighted by molar-refractivity contribution is -0.138. The highest BCUT2D eigenvalue weighted by molar-refractivity contribution is 5.69. The molecule has 0 aromatic carbocycles. The fraction of sp³-hybridized carbons (Fsp3) is 0.929. The summed E-state index contributed by atoms with van der Waals surface area (Å²) in [7, 11) is 0. The van der Waals surface area contributed by atoms with Gasteiger partial charge in [-0.3, -0.25) is 14.6 Å². The third-order valence-corrected chi connectivity index (χ3v) is 4.01. The number of nitrogens with one attached hydrogen (secondary N) is 2. The maximum atomic E-state index is 11.0. The van der Waals surface area contributed by atoms with E-state index in [4.69, 9.17) is 10.2 Å². The number of rotatable bonds is 6. The first-order valence-corrected chi connectivity index (χ1v) is 8.08. The minimum Gasteiger partial charge on any atom is -0.480 e. The number of hydrogen-bond donors (Lipinski definition) is 6. The first-order valence-electron chi connectivity index (χ1n) is 8.08. The van der Waals surface area contributed by atoms with Crippen LogP contribution >= 0.6 is 0 Å². The van der Waals surface area contributed by atoms with Gasteiger partial charge in [-0.05, 0) is 0 Å². The van der Waals surface area contributed by atoms with Gasteiger partial charge in [0.25, 0.3) is 0 Å². The quantitative estimate of drug-likeness (QED) is 0.294. The minimum absolute atomic E-state index is 0.0416. The first kappa shape index (κ1) is 20.2. The van der Waals surface area contributed by atoms with Crippen LogP contribution < -0.4 is 10.6 Å². The average Bonchev–Trinajstić information content (AvgIpc) is 2.51. The van der Waals surface area contributed by atoms with Crippen LogP contribution in [0.1, 0.15) is 0 Å². The van der Waals surface area contributed by atoms with Crippen molar-refractivity contribution >= 4 is 5.97 Å². The van der Waals surface area contributed by atoms with Crippen molar-refractivity contribution in [2.45, 2.75) is 12.1 Å². The summed E-state index contributed by atoms with van der Waals surface area (Å²) >= 11 is 0. The van der Waals surface area contributed by atoms with Crippen molar-refractivity contribution in [3.63, 3.8) is 0 Å². The molecule has 6 N–H and O–H groups in total. The fourth-order valence-electron chi connectivity index (χ4n) is 2.66. The molecule has 1 fully saturated rings. The molecule has 0 radical (unpaired) electrons. The molecule has 0 aliphatic carbocycles. The standard InChI is InChI=1S/C14H30N4O5/c19-10-12(13(21)11-20)18-6-4-16-2-1-15-3-5-17(7-8-18)9-14(22)23/h12-13,15-16,19-21H,1-11H2,(H,22,23)/t12-,13-/m0/s1. The number of aliphatic hydroxyl groups excluding tert-OH is 3. The zero-order chi connectivity index (χ0) is 17.1. The highest BCUT2D eigenvalue weighted by atomic mass is 16.4.